The van der Waals surface area contributed by atoms with Crippen LogP contribution in [0.1, 0.15) is 6.42 Å². The molecular weight excluding hydrogens is 263 g/mol. The number of carbonyl (C=O) groups excluding carboxylic acids is 2. The number of rotatable bonds is 2. The molecule has 0 saturated carbocycles. The Hall–Kier alpha value is -1.26. The molecule has 1 unspecified atom stereocenters. The van der Waals surface area contributed by atoms with Crippen LogP contribution in [0.5, 0.6) is 0 Å². The number of primary amides is 1. The molecule has 2 N–H and O–H groups in total. The van der Waals surface area contributed by atoms with Crippen molar-refractivity contribution in [2.24, 2.45) is 11.7 Å². The van der Waals surface area contributed by atoms with E-state index in [1.54, 1.807) is 18.2 Å². The van der Waals surface area contributed by atoms with Gasteiger partial charge in [0.2, 0.25) is 11.8 Å². The third-order valence-electron chi connectivity index (χ3n) is 2.74. The monoisotopic (exact) mass is 272 g/mol. The smallest absolute Gasteiger partial charge is 0.227 e. The second-order valence-corrected chi connectivity index (χ2v) is 4.72. The fourth-order valence-corrected chi connectivity index (χ4v) is 2.09. The van der Waals surface area contributed by atoms with Gasteiger partial charge in [-0.2, -0.15) is 0 Å². The van der Waals surface area contributed by atoms with Crippen LogP contribution in [0.15, 0.2) is 18.2 Å². The molecule has 0 radical (unpaired) electrons. The van der Waals surface area contributed by atoms with Gasteiger partial charge in [-0.25, -0.2) is 0 Å². The number of hydrogen-bond acceptors (Lipinski definition) is 2. The third kappa shape index (κ3) is 2.37. The van der Waals surface area contributed by atoms with Gasteiger partial charge < -0.3 is 10.6 Å². The molecule has 1 fully saturated rings. The lowest BCUT2D eigenvalue weighted by atomic mass is 10.1. The van der Waals surface area contributed by atoms with Crippen molar-refractivity contribution in [2.75, 3.05) is 11.4 Å². The van der Waals surface area contributed by atoms with E-state index in [4.69, 9.17) is 28.9 Å². The van der Waals surface area contributed by atoms with Crippen LogP contribution in [0.2, 0.25) is 10.0 Å². The van der Waals surface area contributed by atoms with Crippen molar-refractivity contribution < 1.29 is 9.59 Å². The zero-order valence-electron chi connectivity index (χ0n) is 8.82. The number of nitrogens with two attached hydrogens (primary N) is 1. The Morgan fingerprint density at radius 1 is 1.35 bits per heavy atom. The topological polar surface area (TPSA) is 63.4 Å². The maximum atomic E-state index is 11.7. The molecular formula is C11H10Cl2N2O2. The molecule has 4 nitrogen and oxygen atoms in total. The van der Waals surface area contributed by atoms with Crippen LogP contribution in [0, 0.1) is 5.92 Å². The SMILES string of the molecule is NC(=O)C1CC(=O)N(c2ccc(Cl)c(Cl)c2)C1. The molecule has 1 saturated heterocycles. The van der Waals surface area contributed by atoms with E-state index in [9.17, 15) is 9.59 Å². The molecule has 1 heterocycles. The van der Waals surface area contributed by atoms with Crippen LogP contribution in [-0.2, 0) is 9.59 Å². The summed E-state index contributed by atoms with van der Waals surface area (Å²) in [4.78, 5) is 24.3. The molecule has 1 aromatic carbocycles. The molecule has 0 aromatic heterocycles. The Labute approximate surface area is 108 Å². The van der Waals surface area contributed by atoms with Gasteiger partial charge in [0.05, 0.1) is 16.0 Å². The van der Waals surface area contributed by atoms with Crippen LogP contribution in [0.3, 0.4) is 0 Å². The minimum Gasteiger partial charge on any atom is -0.369 e. The van der Waals surface area contributed by atoms with Crippen molar-refractivity contribution >= 4 is 40.7 Å². The first kappa shape index (κ1) is 12.2. The number of nitrogens with zero attached hydrogens (tertiary/aromatic N) is 1. The maximum Gasteiger partial charge on any atom is 0.227 e. The van der Waals surface area contributed by atoms with E-state index in [0.717, 1.165) is 0 Å². The highest BCUT2D eigenvalue weighted by Gasteiger charge is 2.33. The minimum absolute atomic E-state index is 0.132. The average Bonchev–Trinajstić information content (AvgIpc) is 2.65. The lowest BCUT2D eigenvalue weighted by molar-refractivity contribution is -0.123. The van der Waals surface area contributed by atoms with Crippen LogP contribution in [0.4, 0.5) is 5.69 Å². The molecule has 1 aromatic rings. The summed E-state index contributed by atoms with van der Waals surface area (Å²) >= 11 is 11.7. The van der Waals surface area contributed by atoms with Crippen molar-refractivity contribution in [1.82, 2.24) is 0 Å². The molecule has 90 valence electrons. The number of hydrogen-bond donors (Lipinski definition) is 1. The van der Waals surface area contributed by atoms with Gasteiger partial charge in [-0.05, 0) is 18.2 Å². The number of benzene rings is 1. The Kier molecular flexibility index (Phi) is 3.26. The van der Waals surface area contributed by atoms with Crippen molar-refractivity contribution in [3.8, 4) is 0 Å². The lowest BCUT2D eigenvalue weighted by Crippen LogP contribution is -2.28. The summed E-state index contributed by atoms with van der Waals surface area (Å²) < 4.78 is 0. The summed E-state index contributed by atoms with van der Waals surface area (Å²) in [6.45, 7) is 0.298. The summed E-state index contributed by atoms with van der Waals surface area (Å²) in [6.07, 6.45) is 0.148. The normalized spacial score (nSPS) is 19.8. The second kappa shape index (κ2) is 4.55. The quantitative estimate of drug-likeness (QED) is 0.893. The number of amides is 2. The first-order valence-electron chi connectivity index (χ1n) is 5.04. The van der Waals surface area contributed by atoms with Gasteiger partial charge in [-0.3, -0.25) is 9.59 Å². The van der Waals surface area contributed by atoms with Crippen LogP contribution in [0.25, 0.3) is 0 Å². The molecule has 1 atom stereocenters. The third-order valence-corrected chi connectivity index (χ3v) is 3.48. The van der Waals surface area contributed by atoms with Gasteiger partial charge in [-0.1, -0.05) is 23.2 Å². The van der Waals surface area contributed by atoms with E-state index in [1.807, 2.05) is 0 Å². The first-order chi connectivity index (χ1) is 7.99. The average molecular weight is 273 g/mol. The molecule has 1 aliphatic heterocycles. The van der Waals surface area contributed by atoms with Crippen molar-refractivity contribution in [1.29, 1.82) is 0 Å². The van der Waals surface area contributed by atoms with E-state index >= 15 is 0 Å². The van der Waals surface area contributed by atoms with Crippen molar-refractivity contribution in [3.63, 3.8) is 0 Å². The summed E-state index contributed by atoms with van der Waals surface area (Å²) in [7, 11) is 0. The zero-order valence-corrected chi connectivity index (χ0v) is 10.3. The molecule has 0 bridgehead atoms. The summed E-state index contributed by atoms with van der Waals surface area (Å²) in [5.41, 5.74) is 5.82. The fourth-order valence-electron chi connectivity index (χ4n) is 1.80. The fraction of sp³-hybridized carbons (Fsp3) is 0.273. The largest absolute Gasteiger partial charge is 0.369 e. The van der Waals surface area contributed by atoms with Gasteiger partial charge >= 0.3 is 0 Å². The Balaban J connectivity index is 2.26. The summed E-state index contributed by atoms with van der Waals surface area (Å²) in [6, 6.07) is 4.91. The minimum atomic E-state index is -0.457. The van der Waals surface area contributed by atoms with Crippen molar-refractivity contribution in [2.45, 2.75) is 6.42 Å². The van der Waals surface area contributed by atoms with Gasteiger partial charge in [0.15, 0.2) is 0 Å². The standard InChI is InChI=1S/C11H10Cl2N2O2/c12-8-2-1-7(4-9(8)13)15-5-6(11(14)17)3-10(15)16/h1-2,4,6H,3,5H2,(H2,14,17). The Morgan fingerprint density at radius 3 is 2.59 bits per heavy atom. The molecule has 2 rings (SSSR count). The number of halogens is 2. The highest BCUT2D eigenvalue weighted by atomic mass is 35.5. The van der Waals surface area contributed by atoms with Crippen LogP contribution < -0.4 is 10.6 Å². The Morgan fingerprint density at radius 2 is 2.06 bits per heavy atom. The van der Waals surface area contributed by atoms with E-state index in [-0.39, 0.29) is 12.3 Å². The number of carbonyl (C=O) groups is 2. The summed E-state index contributed by atoms with van der Waals surface area (Å²) in [5.74, 6) is -1.02. The molecule has 6 heteroatoms. The lowest BCUT2D eigenvalue weighted by Gasteiger charge is -2.16. The molecule has 2 amide bonds. The van der Waals surface area contributed by atoms with Crippen molar-refractivity contribution in [3.05, 3.63) is 28.2 Å². The highest BCUT2D eigenvalue weighted by Crippen LogP contribution is 2.30. The predicted molar refractivity (Wildman–Crippen MR) is 66.1 cm³/mol. The number of anilines is 1. The van der Waals surface area contributed by atoms with E-state index in [0.29, 0.717) is 22.3 Å². The summed E-state index contributed by atoms with van der Waals surface area (Å²) in [5, 5.41) is 0.799. The van der Waals surface area contributed by atoms with E-state index < -0.39 is 11.8 Å². The molecule has 0 aliphatic carbocycles. The van der Waals surface area contributed by atoms with Crippen LogP contribution >= 0.6 is 23.2 Å². The Bertz CT molecular complexity index is 490. The maximum absolute atomic E-state index is 11.7. The van der Waals surface area contributed by atoms with Gasteiger partial charge in [0, 0.05) is 18.7 Å². The molecule has 1 aliphatic rings. The second-order valence-electron chi connectivity index (χ2n) is 3.91. The first-order valence-corrected chi connectivity index (χ1v) is 5.79. The van der Waals surface area contributed by atoms with E-state index in [1.165, 1.54) is 4.90 Å². The highest BCUT2D eigenvalue weighted by molar-refractivity contribution is 6.42. The van der Waals surface area contributed by atoms with Gasteiger partial charge in [0.1, 0.15) is 0 Å². The molecule has 0 spiro atoms. The van der Waals surface area contributed by atoms with Crippen LogP contribution in [-0.4, -0.2) is 18.4 Å². The van der Waals surface area contributed by atoms with Gasteiger partial charge in [-0.15, -0.1) is 0 Å². The zero-order chi connectivity index (χ0) is 12.6. The van der Waals surface area contributed by atoms with Gasteiger partial charge in [0.25, 0.3) is 0 Å². The predicted octanol–water partition coefficient (Wildman–Crippen LogP) is 1.83. The molecule has 17 heavy (non-hydrogen) atoms. The van der Waals surface area contributed by atoms with E-state index in [2.05, 4.69) is 0 Å².